The summed E-state index contributed by atoms with van der Waals surface area (Å²) in [7, 11) is -4.03. The van der Waals surface area contributed by atoms with Crippen LogP contribution < -0.4 is 10.5 Å². The van der Waals surface area contributed by atoms with Gasteiger partial charge in [-0.3, -0.25) is 0 Å². The van der Waals surface area contributed by atoms with Crippen molar-refractivity contribution in [2.75, 3.05) is 12.3 Å². The highest BCUT2D eigenvalue weighted by Crippen LogP contribution is 2.31. The van der Waals surface area contributed by atoms with Crippen LogP contribution in [0.2, 0.25) is 0 Å². The van der Waals surface area contributed by atoms with Gasteiger partial charge >= 0.3 is 6.18 Å². The second kappa shape index (κ2) is 6.82. The van der Waals surface area contributed by atoms with Gasteiger partial charge in [-0.2, -0.15) is 13.2 Å². The van der Waals surface area contributed by atoms with Crippen molar-refractivity contribution >= 4 is 15.7 Å². The normalized spacial score (nSPS) is 12.3. The minimum atomic E-state index is -4.60. The molecule has 0 amide bonds. The van der Waals surface area contributed by atoms with E-state index in [0.717, 1.165) is 17.7 Å². The number of benzene rings is 2. The highest BCUT2D eigenvalue weighted by atomic mass is 32.2. The largest absolute Gasteiger partial charge is 0.416 e. The van der Waals surface area contributed by atoms with Crippen molar-refractivity contribution in [1.82, 2.24) is 4.72 Å². The van der Waals surface area contributed by atoms with Crippen LogP contribution in [0.5, 0.6) is 0 Å². The molecule has 24 heavy (non-hydrogen) atoms. The highest BCUT2D eigenvalue weighted by Gasteiger charge is 2.32. The van der Waals surface area contributed by atoms with Gasteiger partial charge in [0.05, 0.1) is 10.5 Å². The molecule has 0 aliphatic heterocycles. The quantitative estimate of drug-likeness (QED) is 0.807. The monoisotopic (exact) mass is 358 g/mol. The molecule has 0 aromatic heterocycles. The number of aryl methyl sites for hydroxylation is 1. The Morgan fingerprint density at radius 1 is 1.08 bits per heavy atom. The Kier molecular flexibility index (Phi) is 5.19. The van der Waals surface area contributed by atoms with Crippen molar-refractivity contribution in [3.05, 3.63) is 59.2 Å². The van der Waals surface area contributed by atoms with Crippen LogP contribution in [0, 0.1) is 6.92 Å². The molecular formula is C16H17F3N2O2S. The van der Waals surface area contributed by atoms with Gasteiger partial charge in [-0.15, -0.1) is 0 Å². The maximum Gasteiger partial charge on any atom is 0.416 e. The van der Waals surface area contributed by atoms with Gasteiger partial charge in [0.15, 0.2) is 0 Å². The third-order valence-electron chi connectivity index (χ3n) is 3.49. The van der Waals surface area contributed by atoms with E-state index >= 15 is 0 Å². The van der Waals surface area contributed by atoms with Crippen molar-refractivity contribution in [2.24, 2.45) is 0 Å². The van der Waals surface area contributed by atoms with Crippen molar-refractivity contribution in [2.45, 2.75) is 24.4 Å². The molecule has 0 bridgehead atoms. The van der Waals surface area contributed by atoms with Gasteiger partial charge in [0, 0.05) is 12.2 Å². The molecule has 0 atom stereocenters. The molecule has 3 N–H and O–H groups in total. The number of halogens is 3. The molecule has 0 radical (unpaired) electrons. The van der Waals surface area contributed by atoms with Gasteiger partial charge in [-0.25, -0.2) is 13.1 Å². The third kappa shape index (κ3) is 4.48. The predicted molar refractivity (Wildman–Crippen MR) is 85.9 cm³/mol. The van der Waals surface area contributed by atoms with Gasteiger partial charge in [0.1, 0.15) is 0 Å². The van der Waals surface area contributed by atoms with E-state index in [1.807, 2.05) is 0 Å². The van der Waals surface area contributed by atoms with Gasteiger partial charge in [-0.1, -0.05) is 18.2 Å². The summed E-state index contributed by atoms with van der Waals surface area (Å²) in [6, 6.07) is 9.58. The zero-order valence-corrected chi connectivity index (χ0v) is 13.7. The van der Waals surface area contributed by atoms with Gasteiger partial charge in [0.25, 0.3) is 0 Å². The zero-order valence-electron chi connectivity index (χ0n) is 12.9. The van der Waals surface area contributed by atoms with E-state index in [9.17, 15) is 21.6 Å². The summed E-state index contributed by atoms with van der Waals surface area (Å²) >= 11 is 0. The minimum Gasteiger partial charge on any atom is -0.399 e. The van der Waals surface area contributed by atoms with Crippen LogP contribution in [-0.2, 0) is 22.6 Å². The first-order chi connectivity index (χ1) is 11.1. The minimum absolute atomic E-state index is 0.0714. The molecule has 0 unspecified atom stereocenters. The maximum absolute atomic E-state index is 12.8. The fraction of sp³-hybridized carbons (Fsp3) is 0.250. The number of anilines is 1. The topological polar surface area (TPSA) is 72.2 Å². The summed E-state index contributed by atoms with van der Waals surface area (Å²) in [5, 5.41) is 0. The second-order valence-corrected chi connectivity index (χ2v) is 7.10. The average Bonchev–Trinajstić information content (AvgIpc) is 2.48. The first kappa shape index (κ1) is 18.3. The molecule has 0 aliphatic carbocycles. The van der Waals surface area contributed by atoms with E-state index in [4.69, 9.17) is 5.73 Å². The lowest BCUT2D eigenvalue weighted by molar-refractivity contribution is -0.137. The van der Waals surface area contributed by atoms with E-state index in [1.54, 1.807) is 24.3 Å². The van der Waals surface area contributed by atoms with E-state index in [0.29, 0.717) is 18.2 Å². The molecule has 0 saturated carbocycles. The first-order valence-corrected chi connectivity index (χ1v) is 8.60. The molecule has 2 aromatic carbocycles. The smallest absolute Gasteiger partial charge is 0.399 e. The number of rotatable bonds is 5. The molecule has 0 saturated heterocycles. The number of alkyl halides is 3. The van der Waals surface area contributed by atoms with E-state index < -0.39 is 21.8 Å². The number of hydrogen-bond donors (Lipinski definition) is 2. The van der Waals surface area contributed by atoms with E-state index in [-0.39, 0.29) is 17.0 Å². The van der Waals surface area contributed by atoms with Crippen LogP contribution in [0.3, 0.4) is 0 Å². The van der Waals surface area contributed by atoms with Crippen molar-refractivity contribution in [3.63, 3.8) is 0 Å². The lowest BCUT2D eigenvalue weighted by Crippen LogP contribution is -2.27. The Morgan fingerprint density at radius 3 is 2.29 bits per heavy atom. The van der Waals surface area contributed by atoms with E-state index in [2.05, 4.69) is 4.72 Å². The van der Waals surface area contributed by atoms with Crippen LogP contribution in [-0.4, -0.2) is 15.0 Å². The summed E-state index contributed by atoms with van der Waals surface area (Å²) in [6.45, 7) is 1.52. The van der Waals surface area contributed by atoms with Crippen LogP contribution in [0.15, 0.2) is 47.4 Å². The Bertz CT molecular complexity index is 816. The molecule has 4 nitrogen and oxygen atoms in total. The first-order valence-electron chi connectivity index (χ1n) is 7.11. The molecular weight excluding hydrogens is 341 g/mol. The fourth-order valence-electron chi connectivity index (χ4n) is 2.16. The fourth-order valence-corrected chi connectivity index (χ4v) is 3.46. The Labute approximate surface area is 138 Å². The number of hydrogen-bond acceptors (Lipinski definition) is 3. The summed E-state index contributed by atoms with van der Waals surface area (Å²) in [6.07, 6.45) is -4.19. The maximum atomic E-state index is 12.8. The Balaban J connectivity index is 2.14. The zero-order chi connectivity index (χ0) is 18.0. The lowest BCUT2D eigenvalue weighted by Gasteiger charge is -2.13. The summed E-state index contributed by atoms with van der Waals surface area (Å²) in [5.41, 5.74) is 6.29. The molecule has 130 valence electrons. The van der Waals surface area contributed by atoms with Crippen molar-refractivity contribution < 1.29 is 21.6 Å². The van der Waals surface area contributed by atoms with E-state index in [1.165, 1.54) is 6.92 Å². The molecule has 0 fully saturated rings. The van der Waals surface area contributed by atoms with Gasteiger partial charge in [0.2, 0.25) is 10.0 Å². The SMILES string of the molecule is Cc1ccc(C(F)(F)F)cc1S(=O)(=O)NCCc1ccc(N)cc1. The third-order valence-corrected chi connectivity index (χ3v) is 5.09. The Hall–Kier alpha value is -2.06. The van der Waals surface area contributed by atoms with Crippen molar-refractivity contribution in [3.8, 4) is 0 Å². The number of nitrogens with one attached hydrogen (secondary N) is 1. The molecule has 8 heteroatoms. The number of nitrogens with two attached hydrogens (primary N) is 1. The number of sulfonamides is 1. The van der Waals surface area contributed by atoms with Crippen LogP contribution in [0.4, 0.5) is 18.9 Å². The number of nitrogen functional groups attached to an aromatic ring is 1. The second-order valence-electron chi connectivity index (χ2n) is 5.37. The summed E-state index contributed by atoms with van der Waals surface area (Å²) < 4.78 is 65.2. The molecule has 2 rings (SSSR count). The van der Waals surface area contributed by atoms with Crippen LogP contribution in [0.25, 0.3) is 0 Å². The van der Waals surface area contributed by atoms with Crippen LogP contribution >= 0.6 is 0 Å². The molecule has 0 heterocycles. The summed E-state index contributed by atoms with van der Waals surface area (Å²) in [5.74, 6) is 0. The average molecular weight is 358 g/mol. The van der Waals surface area contributed by atoms with Gasteiger partial charge < -0.3 is 5.73 Å². The molecule has 0 aliphatic rings. The van der Waals surface area contributed by atoms with Crippen LogP contribution in [0.1, 0.15) is 16.7 Å². The van der Waals surface area contributed by atoms with Gasteiger partial charge in [-0.05, 0) is 48.7 Å². The molecule has 2 aromatic rings. The Morgan fingerprint density at radius 2 is 1.71 bits per heavy atom. The summed E-state index contributed by atoms with van der Waals surface area (Å²) in [4.78, 5) is -0.366. The highest BCUT2D eigenvalue weighted by molar-refractivity contribution is 7.89. The predicted octanol–water partition coefficient (Wildman–Crippen LogP) is 3.12. The van der Waals surface area contributed by atoms with Crippen molar-refractivity contribution in [1.29, 1.82) is 0 Å². The standard InChI is InChI=1S/C16H17F3N2O2S/c1-11-2-5-13(16(17,18)19)10-15(11)24(22,23)21-9-8-12-3-6-14(20)7-4-12/h2-7,10,21H,8-9,20H2,1H3. The lowest BCUT2D eigenvalue weighted by atomic mass is 10.1. The molecule has 0 spiro atoms.